The average Bonchev–Trinajstić information content (AvgIpc) is 3.00. The number of hydrogen-bond donors (Lipinski definition) is 0. The van der Waals surface area contributed by atoms with Crippen molar-refractivity contribution < 1.29 is 19.1 Å². The highest BCUT2D eigenvalue weighted by Gasteiger charge is 2.43. The molecule has 2 amide bonds. The number of halogens is 1. The fourth-order valence-electron chi connectivity index (χ4n) is 3.66. The first-order valence-corrected chi connectivity index (χ1v) is 9.75. The molecule has 2 aromatic carbocycles. The van der Waals surface area contributed by atoms with E-state index in [1.807, 2.05) is 11.8 Å². The summed E-state index contributed by atoms with van der Waals surface area (Å²) in [5, 5.41) is 0.469. The van der Waals surface area contributed by atoms with Crippen molar-refractivity contribution in [3.8, 4) is 5.75 Å². The fraction of sp³-hybridized carbons (Fsp3) is 0.273. The van der Waals surface area contributed by atoms with Crippen LogP contribution in [0, 0.1) is 6.92 Å². The normalized spacial score (nSPS) is 17.3. The van der Waals surface area contributed by atoms with Crippen molar-refractivity contribution in [1.82, 2.24) is 4.90 Å². The van der Waals surface area contributed by atoms with Crippen LogP contribution < -0.4 is 9.64 Å². The number of benzene rings is 2. The molecule has 2 aliphatic heterocycles. The molecule has 150 valence electrons. The Balaban J connectivity index is 1.84. The van der Waals surface area contributed by atoms with E-state index in [9.17, 15) is 9.59 Å². The molecule has 0 unspecified atom stereocenters. The van der Waals surface area contributed by atoms with Gasteiger partial charge in [0.05, 0.1) is 31.6 Å². The maximum Gasteiger partial charge on any atom is 0.282 e. The molecule has 2 heterocycles. The maximum atomic E-state index is 13.5. The zero-order valence-electron chi connectivity index (χ0n) is 16.3. The zero-order valence-corrected chi connectivity index (χ0v) is 17.0. The second-order valence-corrected chi connectivity index (χ2v) is 7.36. The van der Waals surface area contributed by atoms with Crippen LogP contribution in [0.25, 0.3) is 5.57 Å². The minimum Gasteiger partial charge on any atom is -0.497 e. The van der Waals surface area contributed by atoms with Crippen molar-refractivity contribution in [2.45, 2.75) is 6.92 Å². The Morgan fingerprint density at radius 1 is 1.00 bits per heavy atom. The number of nitrogens with zero attached hydrogens (tertiary/aromatic N) is 2. The van der Waals surface area contributed by atoms with E-state index >= 15 is 0 Å². The number of methoxy groups -OCH3 is 1. The van der Waals surface area contributed by atoms with Crippen molar-refractivity contribution in [1.29, 1.82) is 0 Å². The number of carbonyl (C=O) groups excluding carboxylic acids is 2. The van der Waals surface area contributed by atoms with Crippen LogP contribution >= 0.6 is 11.6 Å². The Bertz CT molecular complexity index is 994. The van der Waals surface area contributed by atoms with Crippen molar-refractivity contribution in [3.63, 3.8) is 0 Å². The number of ether oxygens (including phenoxy) is 2. The zero-order chi connectivity index (χ0) is 20.5. The van der Waals surface area contributed by atoms with Crippen molar-refractivity contribution >= 4 is 34.7 Å². The van der Waals surface area contributed by atoms with Gasteiger partial charge in [-0.25, -0.2) is 4.90 Å². The van der Waals surface area contributed by atoms with Gasteiger partial charge in [0.15, 0.2) is 0 Å². The summed E-state index contributed by atoms with van der Waals surface area (Å²) in [4.78, 5) is 30.1. The molecule has 0 aromatic heterocycles. The number of imide groups is 1. The monoisotopic (exact) mass is 412 g/mol. The second-order valence-electron chi connectivity index (χ2n) is 6.93. The lowest BCUT2D eigenvalue weighted by atomic mass is 10.0. The molecule has 0 bridgehead atoms. The lowest BCUT2D eigenvalue weighted by molar-refractivity contribution is -0.121. The van der Waals surface area contributed by atoms with E-state index in [-0.39, 0.29) is 11.8 Å². The Labute approximate surface area is 174 Å². The molecule has 2 aromatic rings. The van der Waals surface area contributed by atoms with Crippen LogP contribution in [-0.4, -0.2) is 50.1 Å². The first-order valence-electron chi connectivity index (χ1n) is 9.37. The number of aryl methyl sites for hydroxylation is 1. The van der Waals surface area contributed by atoms with E-state index in [0.717, 1.165) is 5.56 Å². The van der Waals surface area contributed by atoms with Gasteiger partial charge in [-0.2, -0.15) is 0 Å². The van der Waals surface area contributed by atoms with E-state index in [1.54, 1.807) is 49.6 Å². The van der Waals surface area contributed by atoms with Gasteiger partial charge in [0.1, 0.15) is 11.4 Å². The summed E-state index contributed by atoms with van der Waals surface area (Å²) in [6, 6.07) is 12.4. The third-order valence-electron chi connectivity index (χ3n) is 5.18. The van der Waals surface area contributed by atoms with Gasteiger partial charge in [0.2, 0.25) is 0 Å². The highest BCUT2D eigenvalue weighted by Crippen LogP contribution is 2.37. The molecule has 7 heteroatoms. The second kappa shape index (κ2) is 7.89. The number of anilines is 1. The highest BCUT2D eigenvalue weighted by atomic mass is 35.5. The summed E-state index contributed by atoms with van der Waals surface area (Å²) in [7, 11) is 1.58. The SMILES string of the molecule is COc1ccc(C2=C(N3CCOCC3)C(=O)N(c3cc(Cl)ccc3C)C2=O)cc1. The van der Waals surface area contributed by atoms with E-state index in [2.05, 4.69) is 0 Å². The molecule has 0 spiro atoms. The number of hydrogen-bond acceptors (Lipinski definition) is 5. The predicted octanol–water partition coefficient (Wildman–Crippen LogP) is 3.27. The summed E-state index contributed by atoms with van der Waals surface area (Å²) in [6.07, 6.45) is 0. The number of amides is 2. The molecule has 0 saturated carbocycles. The fourth-order valence-corrected chi connectivity index (χ4v) is 3.82. The summed E-state index contributed by atoms with van der Waals surface area (Å²) in [6.45, 7) is 3.98. The van der Waals surface area contributed by atoms with Gasteiger partial charge >= 0.3 is 0 Å². The Kier molecular flexibility index (Phi) is 5.30. The highest BCUT2D eigenvalue weighted by molar-refractivity contribution is 6.45. The van der Waals surface area contributed by atoms with Crippen LogP contribution in [0.1, 0.15) is 11.1 Å². The largest absolute Gasteiger partial charge is 0.497 e. The van der Waals surface area contributed by atoms with Crippen molar-refractivity contribution in [2.24, 2.45) is 0 Å². The quantitative estimate of drug-likeness (QED) is 0.721. The standard InChI is InChI=1S/C22H21ClN2O4/c1-14-3-6-16(23)13-18(14)25-21(26)19(15-4-7-17(28-2)8-5-15)20(22(25)27)24-9-11-29-12-10-24/h3-8,13H,9-12H2,1-2H3. The topological polar surface area (TPSA) is 59.1 Å². The number of morpholine rings is 1. The first kappa shape index (κ1) is 19.5. The Morgan fingerprint density at radius 2 is 1.69 bits per heavy atom. The Hall–Kier alpha value is -2.83. The van der Waals surface area contributed by atoms with Gasteiger partial charge in [-0.15, -0.1) is 0 Å². The van der Waals surface area contributed by atoms with E-state index < -0.39 is 0 Å². The maximum absolute atomic E-state index is 13.5. The van der Waals surface area contributed by atoms with E-state index in [0.29, 0.717) is 59.6 Å². The van der Waals surface area contributed by atoms with Gasteiger partial charge in [0.25, 0.3) is 11.8 Å². The van der Waals surface area contributed by atoms with Crippen molar-refractivity contribution in [3.05, 3.63) is 64.3 Å². The van der Waals surface area contributed by atoms with Crippen LogP contribution in [0.4, 0.5) is 5.69 Å². The van der Waals surface area contributed by atoms with Gasteiger partial charge in [0, 0.05) is 18.1 Å². The van der Waals surface area contributed by atoms with Gasteiger partial charge in [-0.3, -0.25) is 9.59 Å². The minimum absolute atomic E-state index is 0.340. The molecule has 4 rings (SSSR count). The summed E-state index contributed by atoms with van der Waals surface area (Å²) in [5.41, 5.74) is 2.77. The predicted molar refractivity (Wildman–Crippen MR) is 111 cm³/mol. The van der Waals surface area contributed by atoms with Gasteiger partial charge in [-0.1, -0.05) is 29.8 Å². The molecule has 1 fully saturated rings. The van der Waals surface area contributed by atoms with Gasteiger partial charge < -0.3 is 14.4 Å². The molecular formula is C22H21ClN2O4. The van der Waals surface area contributed by atoms with Gasteiger partial charge in [-0.05, 0) is 42.3 Å². The lowest BCUT2D eigenvalue weighted by Crippen LogP contribution is -2.40. The molecule has 2 aliphatic rings. The molecule has 0 radical (unpaired) electrons. The van der Waals surface area contributed by atoms with Crippen LogP contribution in [0.2, 0.25) is 5.02 Å². The molecule has 0 atom stereocenters. The minimum atomic E-state index is -0.355. The van der Waals surface area contributed by atoms with E-state index in [1.165, 1.54) is 4.90 Å². The first-order chi connectivity index (χ1) is 14.0. The van der Waals surface area contributed by atoms with E-state index in [4.69, 9.17) is 21.1 Å². The average molecular weight is 413 g/mol. The van der Waals surface area contributed by atoms with Crippen LogP contribution in [0.15, 0.2) is 48.2 Å². The lowest BCUT2D eigenvalue weighted by Gasteiger charge is -2.29. The molecular weight excluding hydrogens is 392 g/mol. The summed E-state index contributed by atoms with van der Waals surface area (Å²) < 4.78 is 10.7. The Morgan fingerprint density at radius 3 is 2.34 bits per heavy atom. The molecule has 29 heavy (non-hydrogen) atoms. The third-order valence-corrected chi connectivity index (χ3v) is 5.41. The smallest absolute Gasteiger partial charge is 0.282 e. The number of carbonyl (C=O) groups is 2. The van der Waals surface area contributed by atoms with Crippen LogP contribution in [0.5, 0.6) is 5.75 Å². The number of rotatable bonds is 4. The molecule has 1 saturated heterocycles. The molecule has 0 aliphatic carbocycles. The van der Waals surface area contributed by atoms with Crippen molar-refractivity contribution in [2.75, 3.05) is 38.3 Å². The van der Waals surface area contributed by atoms with Crippen LogP contribution in [-0.2, 0) is 14.3 Å². The molecule has 6 nitrogen and oxygen atoms in total. The summed E-state index contributed by atoms with van der Waals surface area (Å²) >= 11 is 6.16. The van der Waals surface area contributed by atoms with Crippen LogP contribution in [0.3, 0.4) is 0 Å². The summed E-state index contributed by atoms with van der Waals surface area (Å²) in [5.74, 6) is -0.0123. The third kappa shape index (κ3) is 3.50. The molecule has 0 N–H and O–H groups in total.